The number of morpholine rings is 1. The van der Waals surface area contributed by atoms with E-state index in [1.54, 1.807) is 20.9 Å². The van der Waals surface area contributed by atoms with Crippen molar-refractivity contribution in [2.75, 3.05) is 19.7 Å². The van der Waals surface area contributed by atoms with E-state index < -0.39 is 0 Å². The summed E-state index contributed by atoms with van der Waals surface area (Å²) < 4.78 is 12.9. The minimum atomic E-state index is -0.388. The lowest BCUT2D eigenvalue weighted by Crippen LogP contribution is -2.42. The minimum Gasteiger partial charge on any atom is -0.365 e. The summed E-state index contributed by atoms with van der Waals surface area (Å²) in [6.07, 6.45) is 1.90. The third-order valence-electron chi connectivity index (χ3n) is 4.21. The van der Waals surface area contributed by atoms with E-state index in [9.17, 15) is 4.79 Å². The maximum absolute atomic E-state index is 12.5. The number of thiophene rings is 1. The molecule has 1 aliphatic heterocycles. The number of nitrogens with zero attached hydrogens (tertiary/aromatic N) is 5. The van der Waals surface area contributed by atoms with E-state index in [4.69, 9.17) is 9.26 Å². The lowest BCUT2D eigenvalue weighted by Gasteiger charge is -2.31. The summed E-state index contributed by atoms with van der Waals surface area (Å²) in [4.78, 5) is 19.7. The SMILES string of the molecule is Cc1ccn(CCC(=O)N2CCO[C@H](c3nc(-c4cccs4)no3)C2)n1. The van der Waals surface area contributed by atoms with Crippen LogP contribution in [0.2, 0.25) is 0 Å². The molecule has 1 aliphatic rings. The second-order valence-electron chi connectivity index (χ2n) is 6.10. The highest BCUT2D eigenvalue weighted by Gasteiger charge is 2.29. The predicted octanol–water partition coefficient (Wildman–Crippen LogP) is 2.29. The van der Waals surface area contributed by atoms with Gasteiger partial charge in [0, 0.05) is 25.7 Å². The molecule has 136 valence electrons. The van der Waals surface area contributed by atoms with Crippen LogP contribution in [0.4, 0.5) is 0 Å². The number of ether oxygens (including phenoxy) is 1. The van der Waals surface area contributed by atoms with Crippen molar-refractivity contribution in [1.82, 2.24) is 24.8 Å². The Morgan fingerprint density at radius 2 is 2.35 bits per heavy atom. The molecule has 0 bridgehead atoms. The summed E-state index contributed by atoms with van der Waals surface area (Å²) in [5, 5.41) is 10.3. The number of rotatable bonds is 5. The Balaban J connectivity index is 1.37. The average Bonchev–Trinajstić information content (AvgIpc) is 3.40. The van der Waals surface area contributed by atoms with Crippen molar-refractivity contribution in [3.8, 4) is 10.7 Å². The van der Waals surface area contributed by atoms with E-state index >= 15 is 0 Å². The van der Waals surface area contributed by atoms with E-state index in [-0.39, 0.29) is 12.0 Å². The molecular weight excluding hydrogens is 354 g/mol. The molecule has 0 unspecified atom stereocenters. The molecule has 4 heterocycles. The molecule has 0 spiro atoms. The van der Waals surface area contributed by atoms with Gasteiger partial charge in [-0.3, -0.25) is 9.48 Å². The Labute approximate surface area is 154 Å². The molecule has 0 N–H and O–H groups in total. The first-order chi connectivity index (χ1) is 12.7. The third kappa shape index (κ3) is 3.68. The molecule has 4 rings (SSSR count). The first-order valence-electron chi connectivity index (χ1n) is 8.46. The normalized spacial score (nSPS) is 17.6. The van der Waals surface area contributed by atoms with Gasteiger partial charge in [-0.15, -0.1) is 11.3 Å². The number of hydrogen-bond acceptors (Lipinski definition) is 7. The Morgan fingerprint density at radius 1 is 1.42 bits per heavy atom. The predicted molar refractivity (Wildman–Crippen MR) is 94.5 cm³/mol. The fraction of sp³-hybridized carbons (Fsp3) is 0.412. The maximum atomic E-state index is 12.5. The van der Waals surface area contributed by atoms with Gasteiger partial charge in [-0.05, 0) is 24.4 Å². The number of aryl methyl sites for hydroxylation is 2. The van der Waals surface area contributed by atoms with Crippen LogP contribution in [0.1, 0.15) is 24.1 Å². The van der Waals surface area contributed by atoms with Gasteiger partial charge in [-0.2, -0.15) is 10.1 Å². The quantitative estimate of drug-likeness (QED) is 0.682. The Hall–Kier alpha value is -2.52. The zero-order valence-electron chi connectivity index (χ0n) is 14.4. The van der Waals surface area contributed by atoms with Gasteiger partial charge in [-0.25, -0.2) is 0 Å². The molecule has 0 radical (unpaired) electrons. The minimum absolute atomic E-state index is 0.0736. The lowest BCUT2D eigenvalue weighted by molar-refractivity contribution is -0.140. The van der Waals surface area contributed by atoms with E-state index in [0.29, 0.717) is 44.4 Å². The Morgan fingerprint density at radius 3 is 3.12 bits per heavy atom. The Bertz CT molecular complexity index is 873. The summed E-state index contributed by atoms with van der Waals surface area (Å²) >= 11 is 1.55. The van der Waals surface area contributed by atoms with E-state index in [1.807, 2.05) is 36.7 Å². The highest BCUT2D eigenvalue weighted by molar-refractivity contribution is 7.13. The molecule has 1 atom stereocenters. The fourth-order valence-corrected chi connectivity index (χ4v) is 3.50. The second kappa shape index (κ2) is 7.38. The van der Waals surface area contributed by atoms with Gasteiger partial charge in [0.1, 0.15) is 0 Å². The molecule has 0 saturated carbocycles. The van der Waals surface area contributed by atoms with E-state index in [2.05, 4.69) is 15.2 Å². The molecule has 0 aromatic carbocycles. The van der Waals surface area contributed by atoms with E-state index in [1.165, 1.54) is 0 Å². The second-order valence-corrected chi connectivity index (χ2v) is 7.05. The van der Waals surface area contributed by atoms with Crippen molar-refractivity contribution < 1.29 is 14.1 Å². The van der Waals surface area contributed by atoms with Crippen LogP contribution >= 0.6 is 11.3 Å². The van der Waals surface area contributed by atoms with Crippen LogP contribution in [0.3, 0.4) is 0 Å². The molecule has 8 nitrogen and oxygen atoms in total. The maximum Gasteiger partial charge on any atom is 0.257 e. The van der Waals surface area contributed by atoms with Gasteiger partial charge in [0.15, 0.2) is 6.10 Å². The summed E-state index contributed by atoms with van der Waals surface area (Å²) in [5.41, 5.74) is 0.946. The summed E-state index contributed by atoms with van der Waals surface area (Å²) in [7, 11) is 0. The topological polar surface area (TPSA) is 86.3 Å². The highest BCUT2D eigenvalue weighted by atomic mass is 32.1. The van der Waals surface area contributed by atoms with Crippen LogP contribution in [-0.2, 0) is 16.1 Å². The fourth-order valence-electron chi connectivity index (χ4n) is 2.85. The van der Waals surface area contributed by atoms with Gasteiger partial charge in [-0.1, -0.05) is 11.2 Å². The first-order valence-corrected chi connectivity index (χ1v) is 9.34. The van der Waals surface area contributed by atoms with Gasteiger partial charge in [0.2, 0.25) is 11.7 Å². The van der Waals surface area contributed by atoms with Crippen LogP contribution < -0.4 is 0 Å². The molecule has 26 heavy (non-hydrogen) atoms. The van der Waals surface area contributed by atoms with Crippen molar-refractivity contribution in [1.29, 1.82) is 0 Å². The van der Waals surface area contributed by atoms with Crippen LogP contribution in [0.5, 0.6) is 0 Å². The monoisotopic (exact) mass is 373 g/mol. The number of aromatic nitrogens is 4. The summed E-state index contributed by atoms with van der Waals surface area (Å²) in [5.74, 6) is 1.04. The zero-order valence-corrected chi connectivity index (χ0v) is 15.2. The molecule has 0 aliphatic carbocycles. The largest absolute Gasteiger partial charge is 0.365 e. The first kappa shape index (κ1) is 16.9. The van der Waals surface area contributed by atoms with E-state index in [0.717, 1.165) is 10.6 Å². The van der Waals surface area contributed by atoms with Crippen LogP contribution in [0.15, 0.2) is 34.3 Å². The van der Waals surface area contributed by atoms with Crippen molar-refractivity contribution in [2.45, 2.75) is 26.0 Å². The molecular formula is C17H19N5O3S. The third-order valence-corrected chi connectivity index (χ3v) is 5.07. The van der Waals surface area contributed by atoms with Crippen molar-refractivity contribution in [2.24, 2.45) is 0 Å². The van der Waals surface area contributed by atoms with Crippen molar-refractivity contribution >= 4 is 17.2 Å². The number of carbonyl (C=O) groups excluding carboxylic acids is 1. The van der Waals surface area contributed by atoms with Crippen LogP contribution in [-0.4, -0.2) is 50.4 Å². The Kier molecular flexibility index (Phi) is 4.81. The highest BCUT2D eigenvalue weighted by Crippen LogP contribution is 2.26. The number of amides is 1. The zero-order chi connectivity index (χ0) is 17.9. The van der Waals surface area contributed by atoms with Gasteiger partial charge >= 0.3 is 0 Å². The standard InChI is InChI=1S/C17H19N5O3S/c1-12-4-6-22(19-12)7-5-15(23)21-8-9-24-13(11-21)17-18-16(20-25-17)14-3-2-10-26-14/h2-4,6,10,13H,5,7-9,11H2,1H3/t13-/m0/s1. The molecule has 1 saturated heterocycles. The number of carbonyl (C=O) groups is 1. The summed E-state index contributed by atoms with van der Waals surface area (Å²) in [6, 6.07) is 5.80. The number of hydrogen-bond donors (Lipinski definition) is 0. The van der Waals surface area contributed by atoms with Crippen molar-refractivity contribution in [3.63, 3.8) is 0 Å². The molecule has 1 amide bonds. The van der Waals surface area contributed by atoms with Gasteiger partial charge < -0.3 is 14.2 Å². The average molecular weight is 373 g/mol. The molecule has 1 fully saturated rings. The van der Waals surface area contributed by atoms with Gasteiger partial charge in [0.05, 0.1) is 23.7 Å². The van der Waals surface area contributed by atoms with Crippen LogP contribution in [0.25, 0.3) is 10.7 Å². The molecule has 3 aromatic rings. The van der Waals surface area contributed by atoms with Gasteiger partial charge in [0.25, 0.3) is 5.89 Å². The lowest BCUT2D eigenvalue weighted by atomic mass is 10.2. The van der Waals surface area contributed by atoms with Crippen molar-refractivity contribution in [3.05, 3.63) is 41.4 Å². The molecule has 3 aromatic heterocycles. The smallest absolute Gasteiger partial charge is 0.257 e. The summed E-state index contributed by atoms with van der Waals surface area (Å²) in [6.45, 7) is 3.94. The molecule has 9 heteroatoms. The van der Waals surface area contributed by atoms with Crippen LogP contribution in [0, 0.1) is 6.92 Å².